The molecule has 1 rings (SSSR count). The van der Waals surface area contributed by atoms with E-state index >= 15 is 0 Å². The lowest BCUT2D eigenvalue weighted by atomic mass is 9.97. The van der Waals surface area contributed by atoms with Crippen molar-refractivity contribution >= 4 is 21.6 Å². The Balaban J connectivity index is 2.80. The largest absolute Gasteiger partial charge is 0.391 e. The summed E-state index contributed by atoms with van der Waals surface area (Å²) in [6.45, 7) is 5.68. The van der Waals surface area contributed by atoms with Crippen molar-refractivity contribution in [3.05, 3.63) is 28.8 Å². The van der Waals surface area contributed by atoms with E-state index in [2.05, 4.69) is 4.72 Å². The first-order valence-corrected chi connectivity index (χ1v) is 8.61. The van der Waals surface area contributed by atoms with Crippen molar-refractivity contribution in [2.75, 3.05) is 6.54 Å². The van der Waals surface area contributed by atoms with Crippen molar-refractivity contribution < 1.29 is 13.5 Å². The van der Waals surface area contributed by atoms with Crippen LogP contribution in [0.2, 0.25) is 5.02 Å². The summed E-state index contributed by atoms with van der Waals surface area (Å²) in [6.07, 6.45) is 0.964. The minimum absolute atomic E-state index is 0.0246. The van der Waals surface area contributed by atoms with Crippen LogP contribution >= 0.6 is 11.6 Å². The molecule has 0 heterocycles. The number of nitrogens with one attached hydrogen (secondary N) is 1. The zero-order valence-electron chi connectivity index (χ0n) is 12.1. The van der Waals surface area contributed by atoms with Crippen LogP contribution in [0.1, 0.15) is 32.3 Å². The van der Waals surface area contributed by atoms with Crippen LogP contribution in [0, 0.1) is 12.8 Å². The maximum Gasteiger partial charge on any atom is 0.240 e. The van der Waals surface area contributed by atoms with Gasteiger partial charge in [0.05, 0.1) is 11.0 Å². The van der Waals surface area contributed by atoms with Gasteiger partial charge in [0.2, 0.25) is 10.0 Å². The fourth-order valence-electron chi connectivity index (χ4n) is 2.19. The summed E-state index contributed by atoms with van der Waals surface area (Å²) in [4.78, 5) is 0.193. The van der Waals surface area contributed by atoms with Crippen molar-refractivity contribution in [3.8, 4) is 0 Å². The first kappa shape index (κ1) is 17.4. The van der Waals surface area contributed by atoms with E-state index in [0.29, 0.717) is 10.6 Å². The van der Waals surface area contributed by atoms with Gasteiger partial charge in [-0.2, -0.15) is 0 Å². The van der Waals surface area contributed by atoms with Gasteiger partial charge in [-0.05, 0) is 36.6 Å². The van der Waals surface area contributed by atoms with Crippen molar-refractivity contribution in [2.24, 2.45) is 5.92 Å². The normalized spacial score (nSPS) is 13.7. The smallest absolute Gasteiger partial charge is 0.240 e. The number of sulfonamides is 1. The van der Waals surface area contributed by atoms with Crippen LogP contribution in [0.5, 0.6) is 0 Å². The Hall–Kier alpha value is -0.620. The van der Waals surface area contributed by atoms with Crippen LogP contribution in [0.3, 0.4) is 0 Å². The quantitative estimate of drug-likeness (QED) is 0.812. The van der Waals surface area contributed by atoms with Crippen molar-refractivity contribution in [2.45, 2.75) is 44.6 Å². The number of aryl methyl sites for hydroxylation is 1. The molecule has 1 aromatic carbocycles. The fourth-order valence-corrected chi connectivity index (χ4v) is 3.69. The summed E-state index contributed by atoms with van der Waals surface area (Å²) in [5.74, 6) is 0.101. The number of hydrogen-bond acceptors (Lipinski definition) is 3. The van der Waals surface area contributed by atoms with Gasteiger partial charge in [0.15, 0.2) is 0 Å². The first-order valence-electron chi connectivity index (χ1n) is 6.75. The summed E-state index contributed by atoms with van der Waals surface area (Å²) >= 11 is 5.82. The van der Waals surface area contributed by atoms with Crippen molar-refractivity contribution in [1.82, 2.24) is 4.72 Å². The molecule has 0 saturated carbocycles. The number of aliphatic hydroxyl groups excluding tert-OH is 1. The second kappa shape index (κ2) is 7.41. The van der Waals surface area contributed by atoms with E-state index in [9.17, 15) is 13.5 Å². The summed E-state index contributed by atoms with van der Waals surface area (Å²) in [6, 6.07) is 4.62. The molecule has 20 heavy (non-hydrogen) atoms. The van der Waals surface area contributed by atoms with Crippen LogP contribution in [-0.2, 0) is 10.0 Å². The number of benzene rings is 1. The highest BCUT2D eigenvalue weighted by Crippen LogP contribution is 2.20. The van der Waals surface area contributed by atoms with E-state index in [1.165, 1.54) is 6.07 Å². The Labute approximate surface area is 126 Å². The lowest BCUT2D eigenvalue weighted by Crippen LogP contribution is -2.36. The Kier molecular flexibility index (Phi) is 6.45. The van der Waals surface area contributed by atoms with E-state index in [1.807, 2.05) is 13.8 Å². The third-order valence-corrected chi connectivity index (χ3v) is 5.32. The number of rotatable bonds is 7. The Morgan fingerprint density at radius 2 is 1.90 bits per heavy atom. The van der Waals surface area contributed by atoms with E-state index in [1.54, 1.807) is 19.1 Å². The van der Waals surface area contributed by atoms with Crippen molar-refractivity contribution in [1.29, 1.82) is 0 Å². The molecule has 0 radical (unpaired) electrons. The molecular formula is C14H22ClNO3S. The number of hydrogen-bond donors (Lipinski definition) is 2. The average Bonchev–Trinajstić information content (AvgIpc) is 2.37. The van der Waals surface area contributed by atoms with Gasteiger partial charge < -0.3 is 5.11 Å². The monoisotopic (exact) mass is 319 g/mol. The molecular weight excluding hydrogens is 298 g/mol. The standard InChI is InChI=1S/C14H22ClNO3S/c1-4-11(5-2)13(17)9-16-20(18,19)14-7-6-12(15)8-10(14)3/h6-8,11,13,16-17H,4-5,9H2,1-3H3. The van der Waals surface area contributed by atoms with E-state index < -0.39 is 16.1 Å². The zero-order chi connectivity index (χ0) is 15.3. The van der Waals surface area contributed by atoms with E-state index in [-0.39, 0.29) is 17.4 Å². The SMILES string of the molecule is CCC(CC)C(O)CNS(=O)(=O)c1ccc(Cl)cc1C. The van der Waals surface area contributed by atoms with E-state index in [0.717, 1.165) is 12.8 Å². The topological polar surface area (TPSA) is 66.4 Å². The predicted molar refractivity (Wildman–Crippen MR) is 81.5 cm³/mol. The minimum Gasteiger partial charge on any atom is -0.391 e. The molecule has 0 aliphatic rings. The van der Waals surface area contributed by atoms with Gasteiger partial charge in [0.25, 0.3) is 0 Å². The summed E-state index contributed by atoms with van der Waals surface area (Å²) in [5.41, 5.74) is 0.585. The molecule has 0 saturated heterocycles. The summed E-state index contributed by atoms with van der Waals surface area (Å²) in [7, 11) is -3.62. The van der Waals surface area contributed by atoms with Crippen LogP contribution in [0.4, 0.5) is 0 Å². The highest BCUT2D eigenvalue weighted by molar-refractivity contribution is 7.89. The molecule has 0 spiro atoms. The molecule has 114 valence electrons. The van der Waals surface area contributed by atoms with Gasteiger partial charge in [-0.15, -0.1) is 0 Å². The molecule has 2 N–H and O–H groups in total. The second-order valence-electron chi connectivity index (χ2n) is 4.91. The van der Waals surface area contributed by atoms with Gasteiger partial charge in [-0.1, -0.05) is 38.3 Å². The molecule has 0 aromatic heterocycles. The maximum atomic E-state index is 12.2. The summed E-state index contributed by atoms with van der Waals surface area (Å²) in [5, 5.41) is 10.5. The fraction of sp³-hybridized carbons (Fsp3) is 0.571. The molecule has 0 aliphatic heterocycles. The molecule has 1 unspecified atom stereocenters. The lowest BCUT2D eigenvalue weighted by Gasteiger charge is -2.20. The molecule has 0 aliphatic carbocycles. The van der Waals surface area contributed by atoms with Crippen LogP contribution < -0.4 is 4.72 Å². The highest BCUT2D eigenvalue weighted by atomic mass is 35.5. The molecule has 1 aromatic rings. The third kappa shape index (κ3) is 4.45. The second-order valence-corrected chi connectivity index (χ2v) is 7.08. The van der Waals surface area contributed by atoms with Crippen molar-refractivity contribution in [3.63, 3.8) is 0 Å². The van der Waals surface area contributed by atoms with Gasteiger partial charge in [0, 0.05) is 11.6 Å². The Bertz CT molecular complexity index is 541. The van der Waals surface area contributed by atoms with Gasteiger partial charge in [-0.25, -0.2) is 13.1 Å². The maximum absolute atomic E-state index is 12.2. The Morgan fingerprint density at radius 3 is 2.40 bits per heavy atom. The molecule has 1 atom stereocenters. The molecule has 0 fully saturated rings. The average molecular weight is 320 g/mol. The first-order chi connectivity index (χ1) is 9.31. The van der Waals surface area contributed by atoms with Crippen LogP contribution in [0.25, 0.3) is 0 Å². The predicted octanol–water partition coefficient (Wildman–Crippen LogP) is 2.72. The van der Waals surface area contributed by atoms with Crippen LogP contribution in [0.15, 0.2) is 23.1 Å². The zero-order valence-corrected chi connectivity index (χ0v) is 13.6. The van der Waals surface area contributed by atoms with E-state index in [4.69, 9.17) is 11.6 Å². The van der Waals surface area contributed by atoms with Crippen LogP contribution in [-0.4, -0.2) is 26.2 Å². The molecule has 0 bridgehead atoms. The van der Waals surface area contributed by atoms with Gasteiger partial charge >= 0.3 is 0 Å². The minimum atomic E-state index is -3.62. The lowest BCUT2D eigenvalue weighted by molar-refractivity contribution is 0.107. The molecule has 6 heteroatoms. The highest BCUT2D eigenvalue weighted by Gasteiger charge is 2.21. The van der Waals surface area contributed by atoms with Gasteiger partial charge in [-0.3, -0.25) is 0 Å². The number of halogens is 1. The molecule has 4 nitrogen and oxygen atoms in total. The van der Waals surface area contributed by atoms with Gasteiger partial charge in [0.1, 0.15) is 0 Å². The molecule has 0 amide bonds. The summed E-state index contributed by atoms with van der Waals surface area (Å²) < 4.78 is 26.9. The third-order valence-electron chi connectivity index (χ3n) is 3.50. The number of aliphatic hydroxyl groups is 1. The Morgan fingerprint density at radius 1 is 1.30 bits per heavy atom.